The fourth-order valence-electron chi connectivity index (χ4n) is 0.129. The summed E-state index contributed by atoms with van der Waals surface area (Å²) >= 11 is 0. The minimum atomic E-state index is -4.97. The SMILES string of the molecule is C[C@H](C(=O)[O-])P(=O)([O-])[O-]. The average Bonchev–Trinajstić information content (AvgIpc) is 1.62. The largest absolute Gasteiger partial charge is 0.810 e. The smallest absolute Gasteiger partial charge is 0.0492 e. The summed E-state index contributed by atoms with van der Waals surface area (Å²) in [7, 11) is -4.97. The Morgan fingerprint density at radius 2 is 1.89 bits per heavy atom. The normalized spacial score (nSPS) is 15.0. The highest BCUT2D eigenvalue weighted by Gasteiger charge is 2.05. The highest BCUT2D eigenvalue weighted by molar-refractivity contribution is 7.50. The van der Waals surface area contributed by atoms with Gasteiger partial charge in [-0.05, 0) is 0 Å². The maximum absolute atomic E-state index is 9.82. The lowest BCUT2D eigenvalue weighted by Crippen LogP contribution is -2.39. The van der Waals surface area contributed by atoms with E-state index in [1.807, 2.05) is 0 Å². The first kappa shape index (κ1) is 8.62. The van der Waals surface area contributed by atoms with Crippen molar-refractivity contribution < 1.29 is 24.3 Å². The van der Waals surface area contributed by atoms with E-state index in [1.54, 1.807) is 0 Å². The summed E-state index contributed by atoms with van der Waals surface area (Å²) in [5.74, 6) is -1.86. The molecule has 0 aromatic rings. The molecule has 5 nitrogen and oxygen atoms in total. The predicted octanol–water partition coefficient (Wildman–Crippen LogP) is -2.96. The Labute approximate surface area is 51.5 Å². The van der Waals surface area contributed by atoms with Gasteiger partial charge in [-0.2, -0.15) is 0 Å². The Bertz CT molecular complexity index is 158. The van der Waals surface area contributed by atoms with Gasteiger partial charge in [0.15, 0.2) is 0 Å². The summed E-state index contributed by atoms with van der Waals surface area (Å²) < 4.78 is 9.82. The van der Waals surface area contributed by atoms with Gasteiger partial charge in [0.1, 0.15) is 0 Å². The number of hydrogen-bond donors (Lipinski definition) is 0. The number of carboxylic acids is 1. The van der Waals surface area contributed by atoms with Gasteiger partial charge in [-0.3, -0.25) is 0 Å². The minimum Gasteiger partial charge on any atom is -0.810 e. The van der Waals surface area contributed by atoms with Crippen LogP contribution in [0.4, 0.5) is 0 Å². The van der Waals surface area contributed by atoms with E-state index in [4.69, 9.17) is 0 Å². The molecule has 0 amide bonds. The van der Waals surface area contributed by atoms with Gasteiger partial charge >= 0.3 is 0 Å². The van der Waals surface area contributed by atoms with E-state index in [9.17, 15) is 24.3 Å². The summed E-state index contributed by atoms with van der Waals surface area (Å²) in [6.45, 7) is 0.774. The Hall–Kier alpha value is -0.380. The van der Waals surface area contributed by atoms with Crippen molar-refractivity contribution in [2.24, 2.45) is 0 Å². The molecule has 0 unspecified atom stereocenters. The van der Waals surface area contributed by atoms with Crippen LogP contribution in [0.15, 0.2) is 0 Å². The first-order valence-electron chi connectivity index (χ1n) is 2.08. The van der Waals surface area contributed by atoms with Gasteiger partial charge in [0, 0.05) is 11.6 Å². The molecule has 0 saturated carbocycles. The van der Waals surface area contributed by atoms with Gasteiger partial charge in [-0.25, -0.2) is 0 Å². The summed E-state index contributed by atoms with van der Waals surface area (Å²) in [6, 6.07) is 0. The molecule has 0 aliphatic rings. The molecular formula is C3H4O5P-3. The van der Waals surface area contributed by atoms with E-state index in [0.717, 1.165) is 6.92 Å². The highest BCUT2D eigenvalue weighted by Crippen LogP contribution is 2.29. The molecule has 1 atom stereocenters. The standard InChI is InChI=1S/C3H7O5P/c1-2(3(4)5)9(6,7)8/h2H,1H3,(H,4,5)(H2,6,7,8)/p-3/t2-/m1/s1. The van der Waals surface area contributed by atoms with Crippen LogP contribution in [0, 0.1) is 0 Å². The van der Waals surface area contributed by atoms with Crippen LogP contribution in [0.3, 0.4) is 0 Å². The van der Waals surface area contributed by atoms with E-state index in [0.29, 0.717) is 0 Å². The Balaban J connectivity index is 4.23. The zero-order chi connectivity index (χ0) is 7.65. The van der Waals surface area contributed by atoms with Gasteiger partial charge in [0.2, 0.25) is 0 Å². The van der Waals surface area contributed by atoms with Crippen LogP contribution in [0.1, 0.15) is 6.92 Å². The third-order valence-electron chi connectivity index (χ3n) is 0.815. The lowest BCUT2D eigenvalue weighted by molar-refractivity contribution is -0.327. The zero-order valence-corrected chi connectivity index (χ0v) is 5.46. The lowest BCUT2D eigenvalue weighted by atomic mass is 10.5. The highest BCUT2D eigenvalue weighted by atomic mass is 31.2. The molecule has 0 heterocycles. The molecule has 6 heteroatoms. The fraction of sp³-hybridized carbons (Fsp3) is 0.667. The van der Waals surface area contributed by atoms with Crippen molar-refractivity contribution in [2.75, 3.05) is 0 Å². The molecule has 0 N–H and O–H groups in total. The molecule has 0 fully saturated rings. The van der Waals surface area contributed by atoms with E-state index in [2.05, 4.69) is 0 Å². The van der Waals surface area contributed by atoms with Crippen molar-refractivity contribution in [3.8, 4) is 0 Å². The van der Waals surface area contributed by atoms with Crippen molar-refractivity contribution in [3.63, 3.8) is 0 Å². The second-order valence-electron chi connectivity index (χ2n) is 1.53. The maximum atomic E-state index is 9.82. The van der Waals surface area contributed by atoms with Crippen LogP contribution in [0.5, 0.6) is 0 Å². The molecule has 54 valence electrons. The number of hydrogen-bond acceptors (Lipinski definition) is 5. The monoisotopic (exact) mass is 151 g/mol. The van der Waals surface area contributed by atoms with Crippen molar-refractivity contribution in [1.29, 1.82) is 0 Å². The molecule has 9 heavy (non-hydrogen) atoms. The summed E-state index contributed by atoms with van der Waals surface area (Å²) in [6.07, 6.45) is 0. The van der Waals surface area contributed by atoms with Gasteiger partial charge in [-0.15, -0.1) is 0 Å². The third kappa shape index (κ3) is 2.60. The summed E-state index contributed by atoms with van der Waals surface area (Å²) in [5, 5.41) is 9.66. The minimum absolute atomic E-state index is 0.774. The van der Waals surface area contributed by atoms with Crippen LogP contribution in [-0.4, -0.2) is 11.6 Å². The van der Waals surface area contributed by atoms with E-state index in [-0.39, 0.29) is 0 Å². The van der Waals surface area contributed by atoms with Crippen LogP contribution in [0.25, 0.3) is 0 Å². The molecule has 0 spiro atoms. The van der Waals surface area contributed by atoms with Gasteiger partial charge in [0.05, 0.1) is 0 Å². The topological polar surface area (TPSA) is 103 Å². The van der Waals surface area contributed by atoms with Gasteiger partial charge in [-0.1, -0.05) is 14.5 Å². The van der Waals surface area contributed by atoms with Gasteiger partial charge in [0.25, 0.3) is 0 Å². The quantitative estimate of drug-likeness (QED) is 0.392. The van der Waals surface area contributed by atoms with Crippen LogP contribution in [0.2, 0.25) is 0 Å². The van der Waals surface area contributed by atoms with Crippen molar-refractivity contribution in [2.45, 2.75) is 12.6 Å². The molecular weight excluding hydrogens is 147 g/mol. The number of aliphatic carboxylic acids is 1. The first-order chi connectivity index (χ1) is 3.85. The predicted molar refractivity (Wildman–Crippen MR) is 22.1 cm³/mol. The maximum Gasteiger partial charge on any atom is 0.0492 e. The summed E-state index contributed by atoms with van der Waals surface area (Å²) in [4.78, 5) is 29.3. The second-order valence-corrected chi connectivity index (χ2v) is 3.39. The van der Waals surface area contributed by atoms with Crippen molar-refractivity contribution in [3.05, 3.63) is 0 Å². The van der Waals surface area contributed by atoms with Crippen LogP contribution >= 0.6 is 7.60 Å². The van der Waals surface area contributed by atoms with Gasteiger partial charge < -0.3 is 24.3 Å². The molecule has 0 bridgehead atoms. The molecule has 0 aliphatic carbocycles. The van der Waals surface area contributed by atoms with E-state index < -0.39 is 19.2 Å². The average molecular weight is 151 g/mol. The molecule has 0 aromatic carbocycles. The number of carbonyl (C=O) groups excluding carboxylic acids is 1. The molecule has 0 aliphatic heterocycles. The molecule has 0 saturated heterocycles. The van der Waals surface area contributed by atoms with E-state index >= 15 is 0 Å². The summed E-state index contributed by atoms with van der Waals surface area (Å²) in [5.41, 5.74) is -1.93. The first-order valence-corrected chi connectivity index (χ1v) is 3.69. The molecule has 0 rings (SSSR count). The number of rotatable bonds is 2. The van der Waals surface area contributed by atoms with E-state index in [1.165, 1.54) is 0 Å². The molecule has 0 radical (unpaired) electrons. The Morgan fingerprint density at radius 1 is 1.56 bits per heavy atom. The molecule has 0 aromatic heterocycles. The second kappa shape index (κ2) is 2.47. The van der Waals surface area contributed by atoms with Crippen molar-refractivity contribution in [1.82, 2.24) is 0 Å². The Morgan fingerprint density at radius 3 is 1.89 bits per heavy atom. The number of carbonyl (C=O) groups is 1. The van der Waals surface area contributed by atoms with Crippen molar-refractivity contribution >= 4 is 13.6 Å². The van der Waals surface area contributed by atoms with Crippen LogP contribution in [-0.2, 0) is 9.36 Å². The lowest BCUT2D eigenvalue weighted by Gasteiger charge is -2.36. The third-order valence-corrected chi connectivity index (χ3v) is 1.97. The Kier molecular flexibility index (Phi) is 2.37. The zero-order valence-electron chi connectivity index (χ0n) is 4.57. The fourth-order valence-corrected chi connectivity index (χ4v) is 0.387. The van der Waals surface area contributed by atoms with Crippen LogP contribution < -0.4 is 14.9 Å². The number of carboxylic acid groups (broad SMARTS) is 1.